The first kappa shape index (κ1) is 24.3. The highest BCUT2D eigenvalue weighted by molar-refractivity contribution is 9.10. The highest BCUT2D eigenvalue weighted by Gasteiger charge is 2.17. The summed E-state index contributed by atoms with van der Waals surface area (Å²) < 4.78 is 14.3. The summed E-state index contributed by atoms with van der Waals surface area (Å²) in [7, 11) is 0. The third kappa shape index (κ3) is 5.30. The largest absolute Gasteiger partial charge is 0.488 e. The van der Waals surface area contributed by atoms with Gasteiger partial charge in [0.05, 0.1) is 39.8 Å². The van der Waals surface area contributed by atoms with Crippen LogP contribution < -0.4 is 4.74 Å². The smallest absolute Gasteiger partial charge is 0.339 e. The number of hydrogen-bond acceptors (Lipinski definition) is 4. The summed E-state index contributed by atoms with van der Waals surface area (Å²) in [5, 5.41) is 0.985. The zero-order valence-corrected chi connectivity index (χ0v) is 21.6. The van der Waals surface area contributed by atoms with Crippen LogP contribution in [0.4, 0.5) is 0 Å². The van der Waals surface area contributed by atoms with Crippen LogP contribution in [0.25, 0.3) is 16.9 Å². The van der Waals surface area contributed by atoms with Gasteiger partial charge in [-0.05, 0) is 67.9 Å². The molecule has 0 saturated carbocycles. The number of ether oxygens (including phenoxy) is 2. The average molecular weight is 560 g/mol. The molecular formula is C26H21BrCl2N2O3. The Kier molecular flexibility index (Phi) is 7.61. The monoisotopic (exact) mass is 558 g/mol. The number of pyridine rings is 1. The molecule has 0 saturated heterocycles. The maximum absolute atomic E-state index is 12.3. The van der Waals surface area contributed by atoms with Crippen LogP contribution in [-0.2, 0) is 11.3 Å². The van der Waals surface area contributed by atoms with E-state index in [0.29, 0.717) is 34.6 Å². The Morgan fingerprint density at radius 2 is 1.85 bits per heavy atom. The molecule has 0 radical (unpaired) electrons. The van der Waals surface area contributed by atoms with Crippen molar-refractivity contribution in [1.82, 2.24) is 9.55 Å². The van der Waals surface area contributed by atoms with Crippen molar-refractivity contribution in [3.63, 3.8) is 0 Å². The predicted molar refractivity (Wildman–Crippen MR) is 138 cm³/mol. The molecule has 0 unspecified atom stereocenters. The van der Waals surface area contributed by atoms with Crippen LogP contribution in [0.1, 0.15) is 28.5 Å². The van der Waals surface area contributed by atoms with Gasteiger partial charge in [-0.1, -0.05) is 45.2 Å². The molecule has 0 aliphatic carbocycles. The quantitative estimate of drug-likeness (QED) is 0.218. The lowest BCUT2D eigenvalue weighted by molar-refractivity contribution is 0.0526. The van der Waals surface area contributed by atoms with Gasteiger partial charge in [0.15, 0.2) is 0 Å². The Balaban J connectivity index is 1.72. The molecule has 2 aromatic carbocycles. The van der Waals surface area contributed by atoms with Crippen molar-refractivity contribution in [2.75, 3.05) is 6.61 Å². The van der Waals surface area contributed by atoms with Gasteiger partial charge < -0.3 is 14.0 Å². The van der Waals surface area contributed by atoms with E-state index in [1.54, 1.807) is 31.3 Å². The Morgan fingerprint density at radius 1 is 1.03 bits per heavy atom. The number of carbonyl (C=O) groups excluding carboxylic acids is 1. The Morgan fingerprint density at radius 3 is 2.62 bits per heavy atom. The Labute approximate surface area is 216 Å². The van der Waals surface area contributed by atoms with Gasteiger partial charge in [-0.2, -0.15) is 0 Å². The normalized spacial score (nSPS) is 10.9. The van der Waals surface area contributed by atoms with Crippen LogP contribution in [0.2, 0.25) is 10.0 Å². The van der Waals surface area contributed by atoms with Crippen LogP contribution in [0.3, 0.4) is 0 Å². The van der Waals surface area contributed by atoms with Gasteiger partial charge in [-0.25, -0.2) is 4.79 Å². The lowest BCUT2D eigenvalue weighted by Gasteiger charge is -2.16. The van der Waals surface area contributed by atoms with Crippen molar-refractivity contribution >= 4 is 45.1 Å². The molecule has 4 rings (SSSR count). The number of aromatic nitrogens is 2. The van der Waals surface area contributed by atoms with E-state index < -0.39 is 5.97 Å². The van der Waals surface area contributed by atoms with Crippen molar-refractivity contribution in [2.45, 2.75) is 20.5 Å². The van der Waals surface area contributed by atoms with Crippen molar-refractivity contribution < 1.29 is 14.3 Å². The van der Waals surface area contributed by atoms with Crippen molar-refractivity contribution in [2.24, 2.45) is 0 Å². The van der Waals surface area contributed by atoms with E-state index in [9.17, 15) is 4.79 Å². The van der Waals surface area contributed by atoms with Gasteiger partial charge >= 0.3 is 5.97 Å². The summed E-state index contributed by atoms with van der Waals surface area (Å²) >= 11 is 15.8. The molecular weight excluding hydrogens is 539 g/mol. The third-order valence-electron chi connectivity index (χ3n) is 5.17. The number of aryl methyl sites for hydroxylation is 1. The lowest BCUT2D eigenvalue weighted by atomic mass is 10.1. The highest BCUT2D eigenvalue weighted by atomic mass is 79.9. The van der Waals surface area contributed by atoms with Gasteiger partial charge in [0, 0.05) is 21.9 Å². The second kappa shape index (κ2) is 10.6. The SMILES string of the molecule is CCOC(=O)c1cncc(-n2c(C)ccc2-c2cc(Br)ccc2OCc2ccc(Cl)c(Cl)c2)c1. The third-order valence-corrected chi connectivity index (χ3v) is 6.40. The maximum atomic E-state index is 12.3. The van der Waals surface area contributed by atoms with Gasteiger partial charge in [-0.3, -0.25) is 4.98 Å². The molecule has 0 aliphatic rings. The molecule has 8 heteroatoms. The number of nitrogens with zero attached hydrogens (tertiary/aromatic N) is 2. The van der Waals surface area contributed by atoms with Crippen LogP contribution in [0.15, 0.2) is 71.5 Å². The zero-order chi connectivity index (χ0) is 24.2. The molecule has 34 heavy (non-hydrogen) atoms. The molecule has 0 spiro atoms. The van der Waals surface area contributed by atoms with Crippen LogP contribution in [-0.4, -0.2) is 22.1 Å². The molecule has 5 nitrogen and oxygen atoms in total. The average Bonchev–Trinajstić information content (AvgIpc) is 3.21. The summed E-state index contributed by atoms with van der Waals surface area (Å²) in [5.74, 6) is 0.291. The van der Waals surface area contributed by atoms with Crippen LogP contribution >= 0.6 is 39.1 Å². The fourth-order valence-electron chi connectivity index (χ4n) is 3.59. The molecule has 0 aliphatic heterocycles. The number of halogens is 3. The number of carbonyl (C=O) groups is 1. The summed E-state index contributed by atoms with van der Waals surface area (Å²) in [4.78, 5) is 16.5. The Hall–Kier alpha value is -2.80. The summed E-state index contributed by atoms with van der Waals surface area (Å²) in [6.07, 6.45) is 3.22. The minimum atomic E-state index is -0.406. The zero-order valence-electron chi connectivity index (χ0n) is 18.5. The second-order valence-corrected chi connectivity index (χ2v) is 9.26. The number of esters is 1. The van der Waals surface area contributed by atoms with E-state index in [4.69, 9.17) is 32.7 Å². The van der Waals surface area contributed by atoms with Crippen molar-refractivity contribution in [1.29, 1.82) is 0 Å². The highest BCUT2D eigenvalue weighted by Crippen LogP contribution is 2.36. The van der Waals surface area contributed by atoms with E-state index in [-0.39, 0.29) is 0 Å². The van der Waals surface area contributed by atoms with Gasteiger partial charge in [-0.15, -0.1) is 0 Å². The van der Waals surface area contributed by atoms with Gasteiger partial charge in [0.1, 0.15) is 12.4 Å². The molecule has 0 fully saturated rings. The van der Waals surface area contributed by atoms with Crippen LogP contribution in [0, 0.1) is 6.92 Å². The van der Waals surface area contributed by atoms with E-state index >= 15 is 0 Å². The molecule has 2 aromatic heterocycles. The van der Waals surface area contributed by atoms with E-state index in [2.05, 4.69) is 20.9 Å². The first-order chi connectivity index (χ1) is 16.4. The molecule has 0 bridgehead atoms. The van der Waals surface area contributed by atoms with Gasteiger partial charge in [0.2, 0.25) is 0 Å². The maximum Gasteiger partial charge on any atom is 0.339 e. The van der Waals surface area contributed by atoms with E-state index in [0.717, 1.165) is 32.7 Å². The fourth-order valence-corrected chi connectivity index (χ4v) is 4.27. The molecule has 0 amide bonds. The second-order valence-electron chi connectivity index (χ2n) is 7.53. The van der Waals surface area contributed by atoms with E-state index in [1.165, 1.54) is 6.20 Å². The number of rotatable bonds is 7. The first-order valence-electron chi connectivity index (χ1n) is 10.5. The van der Waals surface area contributed by atoms with Crippen LogP contribution in [0.5, 0.6) is 5.75 Å². The van der Waals surface area contributed by atoms with Crippen molar-refractivity contribution in [3.05, 3.63) is 98.3 Å². The molecule has 0 N–H and O–H groups in total. The Bertz CT molecular complexity index is 1350. The van der Waals surface area contributed by atoms with Crippen molar-refractivity contribution in [3.8, 4) is 22.7 Å². The predicted octanol–water partition coefficient (Wildman–Crippen LogP) is 7.67. The lowest BCUT2D eigenvalue weighted by Crippen LogP contribution is -2.07. The standard InChI is InChI=1S/C26H21BrCl2N2O3/c1-3-33-26(32)18-11-20(14-30-13-18)31-16(2)4-8-24(31)21-12-19(27)6-9-25(21)34-15-17-5-7-22(28)23(29)10-17/h4-14H,3,15H2,1-2H3. The molecule has 0 atom stereocenters. The summed E-state index contributed by atoms with van der Waals surface area (Å²) in [6, 6.07) is 17.1. The summed E-state index contributed by atoms with van der Waals surface area (Å²) in [6.45, 7) is 4.39. The fraction of sp³-hybridized carbons (Fsp3) is 0.154. The topological polar surface area (TPSA) is 53.3 Å². The summed E-state index contributed by atoms with van der Waals surface area (Å²) in [5.41, 5.74) is 4.80. The number of hydrogen-bond donors (Lipinski definition) is 0. The number of benzene rings is 2. The molecule has 2 heterocycles. The van der Waals surface area contributed by atoms with E-state index in [1.807, 2.05) is 47.9 Å². The van der Waals surface area contributed by atoms with Gasteiger partial charge in [0.25, 0.3) is 0 Å². The minimum Gasteiger partial charge on any atom is -0.488 e. The molecule has 174 valence electrons. The first-order valence-corrected chi connectivity index (χ1v) is 12.1. The minimum absolute atomic E-state index is 0.300. The molecule has 4 aromatic rings.